The van der Waals surface area contributed by atoms with E-state index in [4.69, 9.17) is 0 Å². The molecule has 2 aromatic heterocycles. The van der Waals surface area contributed by atoms with E-state index in [9.17, 15) is 8.78 Å². The normalized spacial score (nSPS) is 21.7. The molecule has 2 aromatic rings. The van der Waals surface area contributed by atoms with Gasteiger partial charge in [0.15, 0.2) is 0 Å². The van der Waals surface area contributed by atoms with E-state index in [0.717, 1.165) is 22.6 Å². The molecule has 0 spiro atoms. The van der Waals surface area contributed by atoms with Crippen molar-refractivity contribution >= 4 is 11.9 Å². The molecular formula is C22H25F2N5. The Labute approximate surface area is 169 Å². The SMILES string of the molecule is CC(C)C1N=CC=CN1c1c(-c2ccncn2)ccnc1C1CCC(F)(F)CC1. The number of aliphatic imine (C=N–C) groups is 1. The summed E-state index contributed by atoms with van der Waals surface area (Å²) in [6.45, 7) is 4.24. The number of rotatable bonds is 4. The van der Waals surface area contributed by atoms with Crippen LogP contribution >= 0.6 is 0 Å². The van der Waals surface area contributed by atoms with E-state index in [-0.39, 0.29) is 30.8 Å². The summed E-state index contributed by atoms with van der Waals surface area (Å²) in [5.41, 5.74) is 3.46. The van der Waals surface area contributed by atoms with Crippen LogP contribution in [0.25, 0.3) is 11.3 Å². The van der Waals surface area contributed by atoms with E-state index >= 15 is 0 Å². The number of allylic oxidation sites excluding steroid dienone is 1. The number of halogens is 2. The van der Waals surface area contributed by atoms with Crippen LogP contribution in [0.3, 0.4) is 0 Å². The third-order valence-corrected chi connectivity index (χ3v) is 5.63. The van der Waals surface area contributed by atoms with Gasteiger partial charge in [-0.1, -0.05) is 13.8 Å². The molecule has 7 heteroatoms. The molecule has 0 radical (unpaired) electrons. The van der Waals surface area contributed by atoms with E-state index in [1.807, 2.05) is 30.6 Å². The van der Waals surface area contributed by atoms with Crippen molar-refractivity contribution in [3.63, 3.8) is 0 Å². The third-order valence-electron chi connectivity index (χ3n) is 5.63. The van der Waals surface area contributed by atoms with Gasteiger partial charge in [-0.05, 0) is 37.0 Å². The highest BCUT2D eigenvalue weighted by atomic mass is 19.3. The highest BCUT2D eigenvalue weighted by molar-refractivity contribution is 5.82. The Morgan fingerprint density at radius 1 is 1.10 bits per heavy atom. The summed E-state index contributed by atoms with van der Waals surface area (Å²) in [6.07, 6.45) is 11.2. The minimum absolute atomic E-state index is 0.0152. The maximum absolute atomic E-state index is 13.8. The zero-order valence-corrected chi connectivity index (χ0v) is 16.7. The van der Waals surface area contributed by atoms with Crippen LogP contribution < -0.4 is 4.90 Å². The first-order valence-corrected chi connectivity index (χ1v) is 10.1. The van der Waals surface area contributed by atoms with Crippen LogP contribution in [-0.4, -0.2) is 33.3 Å². The number of pyridine rings is 1. The molecule has 0 amide bonds. The molecule has 2 aliphatic rings. The van der Waals surface area contributed by atoms with E-state index in [1.54, 1.807) is 12.4 Å². The maximum atomic E-state index is 13.8. The minimum Gasteiger partial charge on any atom is -0.323 e. The molecule has 0 N–H and O–H groups in total. The molecule has 1 atom stereocenters. The molecule has 1 fully saturated rings. The van der Waals surface area contributed by atoms with Crippen LogP contribution in [0.4, 0.5) is 14.5 Å². The number of nitrogens with zero attached hydrogens (tertiary/aromatic N) is 5. The van der Waals surface area contributed by atoms with Crippen LogP contribution in [0.2, 0.25) is 0 Å². The molecule has 5 nitrogen and oxygen atoms in total. The van der Waals surface area contributed by atoms with Gasteiger partial charge in [0.05, 0.1) is 17.1 Å². The van der Waals surface area contributed by atoms with Gasteiger partial charge in [0, 0.05) is 49.1 Å². The van der Waals surface area contributed by atoms with Crippen molar-refractivity contribution in [2.45, 2.75) is 57.5 Å². The van der Waals surface area contributed by atoms with Crippen molar-refractivity contribution < 1.29 is 8.78 Å². The lowest BCUT2D eigenvalue weighted by atomic mass is 9.83. The van der Waals surface area contributed by atoms with Gasteiger partial charge in [0.25, 0.3) is 0 Å². The van der Waals surface area contributed by atoms with Crippen molar-refractivity contribution in [2.75, 3.05) is 4.90 Å². The lowest BCUT2D eigenvalue weighted by Gasteiger charge is -2.37. The molecule has 152 valence electrons. The van der Waals surface area contributed by atoms with Crippen molar-refractivity contribution in [3.05, 3.63) is 48.8 Å². The number of anilines is 1. The largest absolute Gasteiger partial charge is 0.323 e. The van der Waals surface area contributed by atoms with E-state index in [0.29, 0.717) is 12.8 Å². The second-order valence-corrected chi connectivity index (χ2v) is 8.02. The Morgan fingerprint density at radius 2 is 1.90 bits per heavy atom. The highest BCUT2D eigenvalue weighted by Gasteiger charge is 2.38. The fraction of sp³-hybridized carbons (Fsp3) is 0.455. The Kier molecular flexibility index (Phi) is 5.39. The predicted molar refractivity (Wildman–Crippen MR) is 110 cm³/mol. The van der Waals surface area contributed by atoms with Crippen LogP contribution in [0.1, 0.15) is 51.1 Å². The van der Waals surface area contributed by atoms with Gasteiger partial charge in [-0.25, -0.2) is 18.7 Å². The summed E-state index contributed by atoms with van der Waals surface area (Å²) < 4.78 is 27.6. The first-order valence-electron chi connectivity index (χ1n) is 10.1. The minimum atomic E-state index is -2.57. The Balaban J connectivity index is 1.84. The molecular weight excluding hydrogens is 372 g/mol. The first kappa shape index (κ1) is 19.6. The van der Waals surface area contributed by atoms with E-state index in [2.05, 4.69) is 38.7 Å². The summed E-state index contributed by atoms with van der Waals surface area (Å²) in [6, 6.07) is 3.79. The van der Waals surface area contributed by atoms with Gasteiger partial charge < -0.3 is 4.90 Å². The smallest absolute Gasteiger partial charge is 0.248 e. The molecule has 3 heterocycles. The Morgan fingerprint density at radius 3 is 2.59 bits per heavy atom. The summed E-state index contributed by atoms with van der Waals surface area (Å²) in [4.78, 5) is 19.9. The first-order chi connectivity index (χ1) is 14.0. The average molecular weight is 397 g/mol. The highest BCUT2D eigenvalue weighted by Crippen LogP contribution is 2.45. The quantitative estimate of drug-likeness (QED) is 0.710. The molecule has 0 saturated heterocycles. The Bertz CT molecular complexity index is 901. The second kappa shape index (κ2) is 7.97. The lowest BCUT2D eigenvalue weighted by Crippen LogP contribution is -2.37. The van der Waals surface area contributed by atoms with Crippen LogP contribution in [0.15, 0.2) is 48.1 Å². The molecule has 1 aliphatic carbocycles. The number of hydrogen-bond donors (Lipinski definition) is 0. The van der Waals surface area contributed by atoms with Gasteiger partial charge in [0.2, 0.25) is 5.92 Å². The summed E-state index contributed by atoms with van der Waals surface area (Å²) >= 11 is 0. The zero-order valence-electron chi connectivity index (χ0n) is 16.7. The van der Waals surface area contributed by atoms with Gasteiger partial charge in [-0.3, -0.25) is 9.98 Å². The summed E-state index contributed by atoms with van der Waals surface area (Å²) in [5, 5.41) is 0. The van der Waals surface area contributed by atoms with Gasteiger partial charge in [-0.15, -0.1) is 0 Å². The van der Waals surface area contributed by atoms with Crippen molar-refractivity contribution in [1.29, 1.82) is 0 Å². The molecule has 1 aliphatic heterocycles. The fourth-order valence-electron chi connectivity index (χ4n) is 4.14. The fourth-order valence-corrected chi connectivity index (χ4v) is 4.14. The zero-order chi connectivity index (χ0) is 20.4. The third kappa shape index (κ3) is 4.04. The van der Waals surface area contributed by atoms with Gasteiger partial charge >= 0.3 is 0 Å². The molecule has 1 unspecified atom stereocenters. The Hall–Kier alpha value is -2.70. The van der Waals surface area contributed by atoms with E-state index in [1.165, 1.54) is 6.33 Å². The molecule has 1 saturated carbocycles. The van der Waals surface area contributed by atoms with Crippen molar-refractivity contribution in [2.24, 2.45) is 10.9 Å². The van der Waals surface area contributed by atoms with Crippen LogP contribution in [-0.2, 0) is 0 Å². The molecule has 29 heavy (non-hydrogen) atoms. The summed E-state index contributed by atoms with van der Waals surface area (Å²) in [7, 11) is 0. The monoisotopic (exact) mass is 397 g/mol. The predicted octanol–water partition coefficient (Wildman–Crippen LogP) is 5.22. The van der Waals surface area contributed by atoms with E-state index < -0.39 is 5.92 Å². The second-order valence-electron chi connectivity index (χ2n) is 8.02. The number of aromatic nitrogens is 3. The maximum Gasteiger partial charge on any atom is 0.248 e. The lowest BCUT2D eigenvalue weighted by molar-refractivity contribution is -0.0384. The van der Waals surface area contributed by atoms with Crippen LogP contribution in [0, 0.1) is 5.92 Å². The molecule has 4 rings (SSSR count). The van der Waals surface area contributed by atoms with Crippen molar-refractivity contribution in [3.8, 4) is 11.3 Å². The number of hydrogen-bond acceptors (Lipinski definition) is 5. The summed E-state index contributed by atoms with van der Waals surface area (Å²) in [5.74, 6) is -2.33. The molecule has 0 bridgehead atoms. The number of alkyl halides is 2. The average Bonchev–Trinajstić information content (AvgIpc) is 2.74. The molecule has 0 aromatic carbocycles. The van der Waals surface area contributed by atoms with Gasteiger partial charge in [0.1, 0.15) is 12.5 Å². The topological polar surface area (TPSA) is 54.3 Å². The standard InChI is InChI=1S/C22H25F2N5/c1-15(2)21-27-10-3-13-29(21)20-17(18-7-11-25-14-28-18)6-12-26-19(20)16-4-8-22(23,24)9-5-16/h3,6-7,10-16,21H,4-5,8-9H2,1-2H3. The van der Waals surface area contributed by atoms with Crippen molar-refractivity contribution in [1.82, 2.24) is 15.0 Å². The van der Waals surface area contributed by atoms with Gasteiger partial charge in [-0.2, -0.15) is 0 Å². The van der Waals surface area contributed by atoms with Crippen LogP contribution in [0.5, 0.6) is 0 Å².